The van der Waals surface area contributed by atoms with Gasteiger partial charge in [0.15, 0.2) is 5.69 Å². The van der Waals surface area contributed by atoms with E-state index in [0.29, 0.717) is 0 Å². The number of amides is 1. The summed E-state index contributed by atoms with van der Waals surface area (Å²) in [5.74, 6) is -0.744. The molecular weight excluding hydrogens is 335 g/mol. The Hall–Kier alpha value is -2.36. The number of alkyl halides is 3. The van der Waals surface area contributed by atoms with Crippen molar-refractivity contribution in [3.05, 3.63) is 41.7 Å². The molecule has 10 heteroatoms. The number of hydrogen-bond donors (Lipinski definition) is 1. The summed E-state index contributed by atoms with van der Waals surface area (Å²) in [6.45, 7) is 2.50. The molecule has 124 valence electrons. The van der Waals surface area contributed by atoms with Crippen molar-refractivity contribution in [1.29, 1.82) is 0 Å². The van der Waals surface area contributed by atoms with Crippen LogP contribution in [0.1, 0.15) is 18.3 Å². The Morgan fingerprint density at radius 2 is 1.78 bits per heavy atom. The van der Waals surface area contributed by atoms with Gasteiger partial charge < -0.3 is 0 Å². The lowest BCUT2D eigenvalue weighted by atomic mass is 10.3. The van der Waals surface area contributed by atoms with E-state index in [0.717, 1.165) is 17.7 Å². The lowest BCUT2D eigenvalue weighted by molar-refractivity contribution is -0.141. The topological polar surface area (TPSA) is 81.1 Å². The smallest absolute Gasteiger partial charge is 0.274 e. The molecule has 0 atom stereocenters. The van der Waals surface area contributed by atoms with Crippen LogP contribution in [0.2, 0.25) is 0 Å². The van der Waals surface area contributed by atoms with Crippen LogP contribution in [0.25, 0.3) is 5.69 Å². The van der Waals surface area contributed by atoms with Gasteiger partial charge in [-0.25, -0.2) is 17.8 Å². The van der Waals surface area contributed by atoms with Gasteiger partial charge in [-0.1, -0.05) is 0 Å². The molecular formula is C13H12F3N3O3S. The number of nitrogens with one attached hydrogen (secondary N) is 1. The van der Waals surface area contributed by atoms with E-state index >= 15 is 0 Å². The molecule has 1 aromatic carbocycles. The lowest BCUT2D eigenvalue weighted by Gasteiger charge is -2.07. The number of benzene rings is 1. The predicted molar refractivity (Wildman–Crippen MR) is 74.3 cm³/mol. The number of sulfonamides is 1. The van der Waals surface area contributed by atoms with E-state index in [2.05, 4.69) is 5.10 Å². The maximum Gasteiger partial charge on any atom is 0.435 e. The molecule has 0 unspecified atom stereocenters. The van der Waals surface area contributed by atoms with Crippen LogP contribution in [0.5, 0.6) is 0 Å². The third-order valence-corrected chi connectivity index (χ3v) is 4.30. The zero-order chi connectivity index (χ0) is 17.4. The SMILES string of the molecule is CC(=O)NS(=O)(=O)c1ccc(-n2nc(C(F)(F)F)cc2C)cc1. The average molecular weight is 347 g/mol. The van der Waals surface area contributed by atoms with Crippen molar-refractivity contribution in [3.63, 3.8) is 0 Å². The molecule has 0 saturated carbocycles. The summed E-state index contributed by atoms with van der Waals surface area (Å²) in [5, 5.41) is 3.46. The van der Waals surface area contributed by atoms with E-state index in [1.54, 1.807) is 4.72 Å². The van der Waals surface area contributed by atoms with Gasteiger partial charge in [-0.3, -0.25) is 4.79 Å². The monoisotopic (exact) mass is 347 g/mol. The molecule has 0 radical (unpaired) electrons. The van der Waals surface area contributed by atoms with Crippen molar-refractivity contribution in [2.24, 2.45) is 0 Å². The molecule has 0 fully saturated rings. The zero-order valence-electron chi connectivity index (χ0n) is 12.0. The molecule has 2 rings (SSSR count). The van der Waals surface area contributed by atoms with Crippen LogP contribution in [-0.2, 0) is 21.0 Å². The summed E-state index contributed by atoms with van der Waals surface area (Å²) in [6.07, 6.45) is -4.56. The van der Waals surface area contributed by atoms with E-state index < -0.39 is 27.8 Å². The van der Waals surface area contributed by atoms with Crippen molar-refractivity contribution in [1.82, 2.24) is 14.5 Å². The molecule has 1 aromatic heterocycles. The van der Waals surface area contributed by atoms with Crippen molar-refractivity contribution in [2.75, 3.05) is 0 Å². The zero-order valence-corrected chi connectivity index (χ0v) is 12.9. The fourth-order valence-corrected chi connectivity index (χ4v) is 2.88. The van der Waals surface area contributed by atoms with E-state index in [-0.39, 0.29) is 16.3 Å². The minimum atomic E-state index is -4.56. The lowest BCUT2D eigenvalue weighted by Crippen LogP contribution is -2.28. The van der Waals surface area contributed by atoms with E-state index in [4.69, 9.17) is 0 Å². The van der Waals surface area contributed by atoms with Gasteiger partial charge in [0.2, 0.25) is 5.91 Å². The Labute approximate surface area is 130 Å². The van der Waals surface area contributed by atoms with E-state index in [9.17, 15) is 26.4 Å². The number of hydrogen-bond acceptors (Lipinski definition) is 4. The number of nitrogens with zero attached hydrogens (tertiary/aromatic N) is 2. The van der Waals surface area contributed by atoms with Crippen LogP contribution >= 0.6 is 0 Å². The van der Waals surface area contributed by atoms with Crippen LogP contribution in [0, 0.1) is 6.92 Å². The second-order valence-electron chi connectivity index (χ2n) is 4.74. The number of carbonyl (C=O) groups is 1. The molecule has 1 heterocycles. The molecule has 0 aliphatic carbocycles. The van der Waals surface area contributed by atoms with Crippen LogP contribution < -0.4 is 4.72 Å². The fraction of sp³-hybridized carbons (Fsp3) is 0.231. The summed E-state index contributed by atoms with van der Waals surface area (Å²) in [6, 6.07) is 5.84. The summed E-state index contributed by atoms with van der Waals surface area (Å²) in [4.78, 5) is 10.7. The number of carbonyl (C=O) groups excluding carboxylic acids is 1. The van der Waals surface area contributed by atoms with Gasteiger partial charge >= 0.3 is 6.18 Å². The second kappa shape index (κ2) is 5.69. The third kappa shape index (κ3) is 3.70. The van der Waals surface area contributed by atoms with Crippen molar-refractivity contribution < 1.29 is 26.4 Å². The van der Waals surface area contributed by atoms with Gasteiger partial charge in [-0.2, -0.15) is 18.3 Å². The van der Waals surface area contributed by atoms with Gasteiger partial charge in [-0.05, 0) is 37.3 Å². The minimum absolute atomic E-state index is 0.183. The van der Waals surface area contributed by atoms with Crippen LogP contribution in [0.15, 0.2) is 35.2 Å². The highest BCUT2D eigenvalue weighted by Crippen LogP contribution is 2.29. The third-order valence-electron chi connectivity index (χ3n) is 2.85. The second-order valence-corrected chi connectivity index (χ2v) is 6.42. The summed E-state index contributed by atoms with van der Waals surface area (Å²) >= 11 is 0. The molecule has 1 N–H and O–H groups in total. The number of rotatable bonds is 3. The fourth-order valence-electron chi connectivity index (χ4n) is 1.89. The molecule has 0 spiro atoms. The molecule has 23 heavy (non-hydrogen) atoms. The Bertz CT molecular complexity index is 840. The van der Waals surface area contributed by atoms with Gasteiger partial charge in [0.05, 0.1) is 10.6 Å². The van der Waals surface area contributed by atoms with Gasteiger partial charge in [-0.15, -0.1) is 0 Å². The number of aromatic nitrogens is 2. The first-order valence-electron chi connectivity index (χ1n) is 6.28. The Balaban J connectivity index is 2.38. The Morgan fingerprint density at radius 1 is 1.22 bits per heavy atom. The van der Waals surface area contributed by atoms with Crippen molar-refractivity contribution in [2.45, 2.75) is 24.9 Å². The average Bonchev–Trinajstić information content (AvgIpc) is 2.79. The normalized spacial score (nSPS) is 12.2. The molecule has 0 aliphatic heterocycles. The minimum Gasteiger partial charge on any atom is -0.274 e. The standard InChI is InChI=1S/C13H12F3N3O3S/c1-8-7-12(13(14,15)16)17-19(8)10-3-5-11(6-4-10)23(21,22)18-9(2)20/h3-7H,1-2H3,(H,18,20). The Kier molecular flexibility index (Phi) is 4.20. The quantitative estimate of drug-likeness (QED) is 0.921. The van der Waals surface area contributed by atoms with Crippen LogP contribution in [-0.4, -0.2) is 24.1 Å². The summed E-state index contributed by atoms with van der Waals surface area (Å²) in [5.41, 5.74) is -0.528. The molecule has 0 saturated heterocycles. The number of aryl methyl sites for hydroxylation is 1. The highest BCUT2D eigenvalue weighted by atomic mass is 32.2. The summed E-state index contributed by atoms with van der Waals surface area (Å²) in [7, 11) is -4.00. The molecule has 6 nitrogen and oxygen atoms in total. The molecule has 2 aromatic rings. The molecule has 0 aliphatic rings. The van der Waals surface area contributed by atoms with Crippen molar-refractivity contribution in [3.8, 4) is 5.69 Å². The number of halogens is 3. The largest absolute Gasteiger partial charge is 0.435 e. The van der Waals surface area contributed by atoms with Crippen LogP contribution in [0.4, 0.5) is 13.2 Å². The van der Waals surface area contributed by atoms with E-state index in [1.807, 2.05) is 0 Å². The van der Waals surface area contributed by atoms with Crippen LogP contribution in [0.3, 0.4) is 0 Å². The van der Waals surface area contributed by atoms with Gasteiger partial charge in [0.1, 0.15) is 0 Å². The van der Waals surface area contributed by atoms with Crippen molar-refractivity contribution >= 4 is 15.9 Å². The van der Waals surface area contributed by atoms with E-state index in [1.165, 1.54) is 31.2 Å². The maximum atomic E-state index is 12.6. The first kappa shape index (κ1) is 17.0. The first-order chi connectivity index (χ1) is 10.5. The molecule has 0 bridgehead atoms. The maximum absolute atomic E-state index is 12.6. The first-order valence-corrected chi connectivity index (χ1v) is 7.77. The predicted octanol–water partition coefficient (Wildman–Crippen LogP) is 2.02. The summed E-state index contributed by atoms with van der Waals surface area (Å²) < 4.78 is 64.4. The highest BCUT2D eigenvalue weighted by Gasteiger charge is 2.34. The highest BCUT2D eigenvalue weighted by molar-refractivity contribution is 7.90. The van der Waals surface area contributed by atoms with Gasteiger partial charge in [0, 0.05) is 12.6 Å². The Morgan fingerprint density at radius 3 is 2.22 bits per heavy atom. The van der Waals surface area contributed by atoms with Gasteiger partial charge in [0.25, 0.3) is 10.0 Å². The molecule has 1 amide bonds.